The van der Waals surface area contributed by atoms with E-state index < -0.39 is 0 Å². The molecular formula is C18H39N4O4P. The summed E-state index contributed by atoms with van der Waals surface area (Å²) >= 11 is 0. The molecule has 0 aliphatic carbocycles. The van der Waals surface area contributed by atoms with Crippen molar-refractivity contribution in [2.45, 2.75) is 38.5 Å². The molecule has 1 unspecified atom stereocenters. The highest BCUT2D eigenvalue weighted by atomic mass is 31.0. The molecule has 27 heavy (non-hydrogen) atoms. The molecule has 0 rings (SSSR count). The molecule has 1 atom stereocenters. The van der Waals surface area contributed by atoms with Gasteiger partial charge in [0.1, 0.15) is 0 Å². The fourth-order valence-electron chi connectivity index (χ4n) is 2.26. The Morgan fingerprint density at radius 3 is 1.93 bits per heavy atom. The highest BCUT2D eigenvalue weighted by Gasteiger charge is 2.09. The minimum absolute atomic E-state index is 0.294. The molecule has 0 heterocycles. The summed E-state index contributed by atoms with van der Waals surface area (Å²) in [5, 5.41) is 2.76. The minimum Gasteiger partial charge on any atom is -0.450 e. The molecule has 160 valence electrons. The van der Waals surface area contributed by atoms with Crippen molar-refractivity contribution in [2.75, 3.05) is 67.6 Å². The molecule has 0 saturated carbocycles. The molecule has 0 aromatic heterocycles. The van der Waals surface area contributed by atoms with Crippen molar-refractivity contribution in [1.29, 1.82) is 0 Å². The maximum absolute atomic E-state index is 11.8. The molecule has 1 N–H and O–H groups in total. The van der Waals surface area contributed by atoms with E-state index in [1.807, 2.05) is 28.2 Å². The Balaban J connectivity index is 3.46. The van der Waals surface area contributed by atoms with Crippen LogP contribution in [0.5, 0.6) is 0 Å². The van der Waals surface area contributed by atoms with Gasteiger partial charge in [0.05, 0.1) is 13.2 Å². The monoisotopic (exact) mass is 406 g/mol. The Labute approximate surface area is 167 Å². The van der Waals surface area contributed by atoms with Crippen LogP contribution in [0.15, 0.2) is 0 Å². The van der Waals surface area contributed by atoms with Gasteiger partial charge in [0.15, 0.2) is 0 Å². The summed E-state index contributed by atoms with van der Waals surface area (Å²) in [4.78, 5) is 27.4. The second-order valence-electron chi connectivity index (χ2n) is 7.10. The van der Waals surface area contributed by atoms with E-state index in [0.717, 1.165) is 51.6 Å². The lowest BCUT2D eigenvalue weighted by Crippen LogP contribution is -2.26. The maximum atomic E-state index is 11.8. The zero-order chi connectivity index (χ0) is 20.5. The minimum atomic E-state index is -0.345. The normalized spacial score (nSPS) is 10.9. The van der Waals surface area contributed by atoms with Crippen LogP contribution in [-0.2, 0) is 9.47 Å². The predicted octanol–water partition coefficient (Wildman–Crippen LogP) is 2.41. The number of unbranched alkanes of at least 4 members (excludes halogenated alkanes) is 3. The third-order valence-corrected chi connectivity index (χ3v) is 4.26. The van der Waals surface area contributed by atoms with Gasteiger partial charge >= 0.3 is 12.2 Å². The van der Waals surface area contributed by atoms with Crippen LogP contribution in [0, 0.1) is 0 Å². The molecular weight excluding hydrogens is 367 g/mol. The first-order valence-corrected chi connectivity index (χ1v) is 10.2. The van der Waals surface area contributed by atoms with E-state index in [-0.39, 0.29) is 12.2 Å². The smallest absolute Gasteiger partial charge is 0.412 e. The van der Waals surface area contributed by atoms with Gasteiger partial charge in [-0.25, -0.2) is 9.59 Å². The van der Waals surface area contributed by atoms with Crippen LogP contribution in [0.2, 0.25) is 0 Å². The quantitative estimate of drug-likeness (QED) is 0.333. The predicted molar refractivity (Wildman–Crippen MR) is 112 cm³/mol. The lowest BCUT2D eigenvalue weighted by Gasteiger charge is -2.17. The standard InChI is InChI=1S/C18H39N4O4P/c1-20(2)12-9-15-25-17(23)19-11-7-5-6-8-14-22(27)18(24)26-16-10-13-21(3)4/h5-16,27H2,1-4H3,(H,19,23). The lowest BCUT2D eigenvalue weighted by molar-refractivity contribution is 0.123. The summed E-state index contributed by atoms with van der Waals surface area (Å²) in [6, 6.07) is 0. The summed E-state index contributed by atoms with van der Waals surface area (Å²) in [6.07, 6.45) is 4.84. The van der Waals surface area contributed by atoms with Gasteiger partial charge < -0.3 is 24.6 Å². The number of carbonyl (C=O) groups excluding carboxylic acids is 2. The van der Waals surface area contributed by atoms with Crippen molar-refractivity contribution in [3.05, 3.63) is 0 Å². The SMILES string of the molecule is CN(C)CCCOC(=O)NCCCCCCN(P)C(=O)OCCCN(C)C. The van der Waals surface area contributed by atoms with E-state index in [0.29, 0.717) is 26.3 Å². The van der Waals surface area contributed by atoms with Gasteiger partial charge in [-0.1, -0.05) is 12.8 Å². The second kappa shape index (κ2) is 17.0. The van der Waals surface area contributed by atoms with Crippen LogP contribution >= 0.6 is 9.39 Å². The van der Waals surface area contributed by atoms with Crippen molar-refractivity contribution in [2.24, 2.45) is 0 Å². The number of nitrogens with zero attached hydrogens (tertiary/aromatic N) is 3. The van der Waals surface area contributed by atoms with E-state index in [2.05, 4.69) is 24.5 Å². The number of ether oxygens (including phenoxy) is 2. The molecule has 0 aromatic carbocycles. The Hall–Kier alpha value is -1.11. The van der Waals surface area contributed by atoms with E-state index >= 15 is 0 Å². The largest absolute Gasteiger partial charge is 0.450 e. The average Bonchev–Trinajstić information content (AvgIpc) is 2.60. The summed E-state index contributed by atoms with van der Waals surface area (Å²) < 4.78 is 11.8. The van der Waals surface area contributed by atoms with Gasteiger partial charge in [0.25, 0.3) is 0 Å². The molecule has 8 nitrogen and oxygen atoms in total. The van der Waals surface area contributed by atoms with Crippen LogP contribution in [0.25, 0.3) is 0 Å². The van der Waals surface area contributed by atoms with E-state index in [1.54, 1.807) is 4.67 Å². The van der Waals surface area contributed by atoms with Gasteiger partial charge in [-0.2, -0.15) is 0 Å². The van der Waals surface area contributed by atoms with E-state index in [4.69, 9.17) is 9.47 Å². The van der Waals surface area contributed by atoms with E-state index in [9.17, 15) is 9.59 Å². The third kappa shape index (κ3) is 18.0. The van der Waals surface area contributed by atoms with Crippen molar-refractivity contribution >= 4 is 21.6 Å². The molecule has 0 bridgehead atoms. The summed E-state index contributed by atoms with van der Waals surface area (Å²) in [5.41, 5.74) is 0. The first kappa shape index (κ1) is 25.9. The lowest BCUT2D eigenvalue weighted by atomic mass is 10.2. The number of hydrogen-bond acceptors (Lipinski definition) is 6. The highest BCUT2D eigenvalue weighted by Crippen LogP contribution is 2.07. The molecule has 2 amide bonds. The van der Waals surface area contributed by atoms with Crippen LogP contribution in [0.4, 0.5) is 9.59 Å². The Kier molecular flexibility index (Phi) is 16.3. The van der Waals surface area contributed by atoms with Crippen LogP contribution in [0.3, 0.4) is 0 Å². The third-order valence-electron chi connectivity index (χ3n) is 3.79. The summed E-state index contributed by atoms with van der Waals surface area (Å²) in [5.74, 6) is 0. The zero-order valence-electron chi connectivity index (χ0n) is 17.5. The zero-order valence-corrected chi connectivity index (χ0v) is 18.7. The van der Waals surface area contributed by atoms with Gasteiger partial charge in [0, 0.05) is 26.2 Å². The molecule has 9 heteroatoms. The number of amides is 2. The molecule has 0 aromatic rings. The van der Waals surface area contributed by atoms with Crippen LogP contribution in [-0.4, -0.2) is 94.2 Å². The molecule has 0 aliphatic heterocycles. The average molecular weight is 407 g/mol. The molecule has 0 saturated heterocycles. The first-order chi connectivity index (χ1) is 12.8. The molecule has 0 aliphatic rings. The number of rotatable bonds is 15. The maximum Gasteiger partial charge on any atom is 0.412 e. The van der Waals surface area contributed by atoms with Crippen LogP contribution < -0.4 is 5.32 Å². The Morgan fingerprint density at radius 2 is 1.33 bits per heavy atom. The highest BCUT2D eigenvalue weighted by molar-refractivity contribution is 7.14. The fraction of sp³-hybridized carbons (Fsp3) is 0.889. The van der Waals surface area contributed by atoms with Gasteiger partial charge in [0.2, 0.25) is 0 Å². The molecule has 0 radical (unpaired) electrons. The van der Waals surface area contributed by atoms with E-state index in [1.165, 1.54) is 0 Å². The van der Waals surface area contributed by atoms with Gasteiger partial charge in [-0.15, -0.1) is 0 Å². The topological polar surface area (TPSA) is 74.3 Å². The summed E-state index contributed by atoms with van der Waals surface area (Å²) in [7, 11) is 10.4. The Bertz CT molecular complexity index is 398. The number of alkyl carbamates (subject to hydrolysis) is 1. The number of carbonyl (C=O) groups is 2. The van der Waals surface area contributed by atoms with Crippen molar-refractivity contribution in [1.82, 2.24) is 19.8 Å². The fourth-order valence-corrected chi connectivity index (χ4v) is 2.52. The van der Waals surface area contributed by atoms with Gasteiger partial charge in [-0.3, -0.25) is 4.67 Å². The van der Waals surface area contributed by atoms with Gasteiger partial charge in [-0.05, 0) is 63.3 Å². The van der Waals surface area contributed by atoms with Crippen molar-refractivity contribution in [3.63, 3.8) is 0 Å². The number of nitrogens with one attached hydrogen (secondary N) is 1. The second-order valence-corrected chi connectivity index (χ2v) is 7.72. The number of hydrogen-bond donors (Lipinski definition) is 1. The summed E-state index contributed by atoms with van der Waals surface area (Å²) in [6.45, 7) is 3.97. The van der Waals surface area contributed by atoms with Crippen molar-refractivity contribution in [3.8, 4) is 0 Å². The first-order valence-electron chi connectivity index (χ1n) is 9.72. The Morgan fingerprint density at radius 1 is 0.778 bits per heavy atom. The molecule has 0 spiro atoms. The van der Waals surface area contributed by atoms with Crippen molar-refractivity contribution < 1.29 is 19.1 Å². The van der Waals surface area contributed by atoms with Crippen LogP contribution in [0.1, 0.15) is 38.5 Å². The molecule has 0 fully saturated rings.